The van der Waals surface area contributed by atoms with Crippen molar-refractivity contribution in [1.29, 1.82) is 0 Å². The van der Waals surface area contributed by atoms with Crippen molar-refractivity contribution >= 4 is 67.1 Å². The summed E-state index contributed by atoms with van der Waals surface area (Å²) in [5.74, 6) is 0. The van der Waals surface area contributed by atoms with Crippen LogP contribution >= 0.6 is 23.5 Å². The van der Waals surface area contributed by atoms with E-state index in [2.05, 4.69) is 191 Å². The molecule has 0 N–H and O–H groups in total. The van der Waals surface area contributed by atoms with Gasteiger partial charge in [-0.2, -0.15) is 0 Å². The molecule has 1 aliphatic heterocycles. The summed E-state index contributed by atoms with van der Waals surface area (Å²) in [7, 11) is 0. The SMILES string of the molecule is c1cc(-c2ccc3c(c2)Sc2ccc(-c4cccc(-n5c6ccccc6c6ccccc65)c4)cc2S3)cc(-n2c3ccccc3c3ccccc32)c1. The van der Waals surface area contributed by atoms with E-state index in [-0.39, 0.29) is 0 Å². The number of para-hydroxylation sites is 4. The van der Waals surface area contributed by atoms with E-state index >= 15 is 0 Å². The number of nitrogens with zero attached hydrogens (tertiary/aromatic N) is 2. The van der Waals surface area contributed by atoms with Crippen molar-refractivity contribution in [3.8, 4) is 33.6 Å². The molecule has 0 atom stereocenters. The summed E-state index contributed by atoms with van der Waals surface area (Å²) < 4.78 is 4.78. The molecular formula is C48H30N2S2. The lowest BCUT2D eigenvalue weighted by Gasteiger charge is -2.20. The van der Waals surface area contributed by atoms with Gasteiger partial charge in [0.2, 0.25) is 0 Å². The molecule has 0 fully saturated rings. The summed E-state index contributed by atoms with van der Waals surface area (Å²) in [4.78, 5) is 5.21. The zero-order chi connectivity index (χ0) is 34.2. The highest BCUT2D eigenvalue weighted by molar-refractivity contribution is 8.05. The minimum atomic E-state index is 1.18. The van der Waals surface area contributed by atoms with Gasteiger partial charge in [0, 0.05) is 52.5 Å². The normalized spacial score (nSPS) is 12.5. The Morgan fingerprint density at radius 3 is 1.00 bits per heavy atom. The first-order valence-electron chi connectivity index (χ1n) is 17.6. The predicted molar refractivity (Wildman–Crippen MR) is 221 cm³/mol. The second kappa shape index (κ2) is 11.8. The van der Waals surface area contributed by atoms with Crippen LogP contribution in [-0.2, 0) is 0 Å². The quantitative estimate of drug-likeness (QED) is 0.181. The summed E-state index contributed by atoms with van der Waals surface area (Å²) in [6.07, 6.45) is 0. The fourth-order valence-corrected chi connectivity index (χ4v) is 10.3. The van der Waals surface area contributed by atoms with Crippen LogP contribution in [0.2, 0.25) is 0 Å². The first-order valence-corrected chi connectivity index (χ1v) is 19.2. The van der Waals surface area contributed by atoms with Gasteiger partial charge in [0.05, 0.1) is 22.1 Å². The van der Waals surface area contributed by atoms with E-state index in [0.29, 0.717) is 0 Å². The first kappa shape index (κ1) is 29.8. The Morgan fingerprint density at radius 1 is 0.269 bits per heavy atom. The van der Waals surface area contributed by atoms with Crippen molar-refractivity contribution < 1.29 is 0 Å². The highest BCUT2D eigenvalue weighted by Crippen LogP contribution is 2.50. The van der Waals surface area contributed by atoms with Crippen molar-refractivity contribution in [1.82, 2.24) is 9.13 Å². The Bertz CT molecular complexity index is 2730. The largest absolute Gasteiger partial charge is 0.309 e. The average Bonchev–Trinajstić information content (AvgIpc) is 3.73. The van der Waals surface area contributed by atoms with Gasteiger partial charge in [-0.1, -0.05) is 133 Å². The van der Waals surface area contributed by atoms with Crippen LogP contribution in [0, 0.1) is 0 Å². The summed E-state index contributed by atoms with van der Waals surface area (Å²) in [6.45, 7) is 0. The Kier molecular flexibility index (Phi) is 6.76. The van der Waals surface area contributed by atoms with Crippen molar-refractivity contribution in [3.63, 3.8) is 0 Å². The molecule has 0 unspecified atom stereocenters. The molecule has 244 valence electrons. The van der Waals surface area contributed by atoms with E-state index in [1.807, 2.05) is 23.5 Å². The van der Waals surface area contributed by atoms with E-state index in [4.69, 9.17) is 0 Å². The van der Waals surface area contributed by atoms with E-state index in [9.17, 15) is 0 Å². The molecule has 4 heteroatoms. The average molecular weight is 699 g/mol. The van der Waals surface area contributed by atoms with E-state index < -0.39 is 0 Å². The molecule has 2 aromatic heterocycles. The number of hydrogen-bond acceptors (Lipinski definition) is 2. The van der Waals surface area contributed by atoms with Crippen molar-refractivity contribution in [2.45, 2.75) is 19.6 Å². The molecule has 8 aromatic carbocycles. The summed E-state index contributed by atoms with van der Waals surface area (Å²) in [6, 6.07) is 66.6. The molecule has 2 nitrogen and oxygen atoms in total. The van der Waals surface area contributed by atoms with Gasteiger partial charge in [-0.25, -0.2) is 0 Å². The lowest BCUT2D eigenvalue weighted by Crippen LogP contribution is -1.95. The van der Waals surface area contributed by atoms with Crippen LogP contribution in [0.5, 0.6) is 0 Å². The summed E-state index contributed by atoms with van der Waals surface area (Å²) >= 11 is 3.75. The van der Waals surface area contributed by atoms with Gasteiger partial charge in [0.15, 0.2) is 0 Å². The molecule has 11 rings (SSSR count). The first-order chi connectivity index (χ1) is 25.8. The van der Waals surface area contributed by atoms with Crippen molar-refractivity contribution in [3.05, 3.63) is 182 Å². The summed E-state index contributed by atoms with van der Waals surface area (Å²) in [5, 5.41) is 5.12. The molecule has 3 heterocycles. The lowest BCUT2D eigenvalue weighted by atomic mass is 10.0. The maximum Gasteiger partial charge on any atom is 0.0541 e. The van der Waals surface area contributed by atoms with Crippen LogP contribution in [0.25, 0.3) is 77.2 Å². The van der Waals surface area contributed by atoms with Crippen molar-refractivity contribution in [2.75, 3.05) is 0 Å². The molecular weight excluding hydrogens is 669 g/mol. The van der Waals surface area contributed by atoms with Crippen LogP contribution in [-0.4, -0.2) is 9.13 Å². The Balaban J connectivity index is 0.920. The number of aromatic nitrogens is 2. The molecule has 0 spiro atoms. The fourth-order valence-electron chi connectivity index (χ4n) is 7.99. The molecule has 0 aliphatic carbocycles. The zero-order valence-corrected chi connectivity index (χ0v) is 29.7. The van der Waals surface area contributed by atoms with Gasteiger partial charge in [0.1, 0.15) is 0 Å². The third kappa shape index (κ3) is 4.68. The molecule has 10 aromatic rings. The van der Waals surface area contributed by atoms with Gasteiger partial charge in [-0.05, 0) is 95.1 Å². The minimum absolute atomic E-state index is 1.18. The smallest absolute Gasteiger partial charge is 0.0541 e. The topological polar surface area (TPSA) is 9.86 Å². The van der Waals surface area contributed by atoms with E-state index in [1.54, 1.807) is 0 Å². The fraction of sp³-hybridized carbons (Fsp3) is 0. The third-order valence-electron chi connectivity index (χ3n) is 10.4. The van der Waals surface area contributed by atoms with Gasteiger partial charge in [-0.15, -0.1) is 0 Å². The third-order valence-corrected chi connectivity index (χ3v) is 12.9. The maximum absolute atomic E-state index is 2.39. The lowest BCUT2D eigenvalue weighted by molar-refractivity contribution is 1.15. The predicted octanol–water partition coefficient (Wildman–Crippen LogP) is 13.8. The van der Waals surface area contributed by atoms with Crippen LogP contribution in [0.4, 0.5) is 0 Å². The second-order valence-electron chi connectivity index (χ2n) is 13.4. The number of fused-ring (bicyclic) bond motifs is 8. The minimum Gasteiger partial charge on any atom is -0.309 e. The van der Waals surface area contributed by atoms with Gasteiger partial charge >= 0.3 is 0 Å². The Morgan fingerprint density at radius 2 is 0.615 bits per heavy atom. The van der Waals surface area contributed by atoms with Gasteiger partial charge < -0.3 is 9.13 Å². The molecule has 0 saturated heterocycles. The molecule has 0 amide bonds. The van der Waals surface area contributed by atoms with Crippen LogP contribution in [0.3, 0.4) is 0 Å². The van der Waals surface area contributed by atoms with E-state index in [0.717, 1.165) is 0 Å². The monoisotopic (exact) mass is 698 g/mol. The number of rotatable bonds is 4. The van der Waals surface area contributed by atoms with Gasteiger partial charge in [0.25, 0.3) is 0 Å². The standard InChI is InChI=1S/C48H30N2S2/c1-5-19-41-37(15-1)38-16-2-6-20-42(38)49(41)35-13-9-11-31(27-35)33-23-25-45-47(29-33)51-46-26-24-34(30-48(46)52-45)32-12-10-14-36(28-32)50-43-21-7-3-17-39(43)40-18-4-8-22-44(40)50/h1-30H. The van der Waals surface area contributed by atoms with Crippen LogP contribution in [0.15, 0.2) is 202 Å². The number of benzene rings is 8. The van der Waals surface area contributed by atoms with Crippen LogP contribution in [0.1, 0.15) is 0 Å². The molecule has 0 saturated carbocycles. The highest BCUT2D eigenvalue weighted by atomic mass is 32.2. The maximum atomic E-state index is 2.39. The summed E-state index contributed by atoms with van der Waals surface area (Å²) in [5.41, 5.74) is 12.2. The van der Waals surface area contributed by atoms with E-state index in [1.165, 1.54) is 96.8 Å². The Labute approximate surface area is 310 Å². The second-order valence-corrected chi connectivity index (χ2v) is 15.5. The van der Waals surface area contributed by atoms with Gasteiger partial charge in [-0.3, -0.25) is 0 Å². The molecule has 0 radical (unpaired) electrons. The Hall–Kier alpha value is -5.94. The highest BCUT2D eigenvalue weighted by Gasteiger charge is 2.20. The molecule has 52 heavy (non-hydrogen) atoms. The number of hydrogen-bond donors (Lipinski definition) is 0. The molecule has 1 aliphatic rings. The van der Waals surface area contributed by atoms with Crippen LogP contribution < -0.4 is 0 Å². The zero-order valence-electron chi connectivity index (χ0n) is 28.0. The van der Waals surface area contributed by atoms with Crippen molar-refractivity contribution in [2.24, 2.45) is 0 Å². The molecule has 0 bridgehead atoms.